The van der Waals surface area contributed by atoms with E-state index in [-0.39, 0.29) is 11.9 Å². The lowest BCUT2D eigenvalue weighted by Gasteiger charge is -2.53. The van der Waals surface area contributed by atoms with Crippen molar-refractivity contribution in [3.05, 3.63) is 23.5 Å². The van der Waals surface area contributed by atoms with Crippen molar-refractivity contribution in [2.75, 3.05) is 0 Å². The Kier molecular flexibility index (Phi) is 3.47. The van der Waals surface area contributed by atoms with Crippen LogP contribution in [-0.4, -0.2) is 11.0 Å². The lowest BCUT2D eigenvalue weighted by molar-refractivity contribution is -0.152. The van der Waals surface area contributed by atoms with Crippen LogP contribution in [-0.2, 0) is 11.2 Å². The highest BCUT2D eigenvalue weighted by molar-refractivity contribution is 5.76. The maximum absolute atomic E-state index is 12.8. The Labute approximate surface area is 132 Å². The van der Waals surface area contributed by atoms with E-state index >= 15 is 0 Å². The van der Waals surface area contributed by atoms with Crippen LogP contribution in [0.25, 0.3) is 0 Å². The maximum atomic E-state index is 12.8. The number of aryl methyl sites for hydroxylation is 2. The molecule has 0 amide bonds. The minimum absolute atomic E-state index is 0.00848. The van der Waals surface area contributed by atoms with E-state index in [1.807, 2.05) is 19.1 Å². The van der Waals surface area contributed by atoms with E-state index in [1.54, 1.807) is 0 Å². The molecule has 4 saturated carbocycles. The molecule has 22 heavy (non-hydrogen) atoms. The summed E-state index contributed by atoms with van der Waals surface area (Å²) in [6.45, 7) is 4.03. The van der Waals surface area contributed by atoms with Crippen molar-refractivity contribution in [2.24, 2.45) is 29.6 Å². The predicted octanol–water partition coefficient (Wildman–Crippen LogP) is 3.93. The van der Waals surface area contributed by atoms with Crippen molar-refractivity contribution in [3.63, 3.8) is 0 Å². The average molecular weight is 299 g/mol. The van der Waals surface area contributed by atoms with Gasteiger partial charge in [-0.05, 0) is 81.3 Å². The molecule has 4 fully saturated rings. The van der Waals surface area contributed by atoms with E-state index in [1.165, 1.54) is 32.1 Å². The normalized spacial score (nSPS) is 35.6. The third-order valence-corrected chi connectivity index (χ3v) is 6.12. The number of pyridine rings is 1. The van der Waals surface area contributed by atoms with Crippen LogP contribution in [0.1, 0.15) is 50.4 Å². The molecule has 0 spiro atoms. The quantitative estimate of drug-likeness (QED) is 0.794. The number of rotatable bonds is 3. The fourth-order valence-electron chi connectivity index (χ4n) is 5.43. The van der Waals surface area contributed by atoms with Gasteiger partial charge < -0.3 is 4.74 Å². The van der Waals surface area contributed by atoms with Crippen molar-refractivity contribution in [3.8, 4) is 5.75 Å². The molecule has 1 aromatic rings. The molecule has 4 bridgehead atoms. The zero-order chi connectivity index (χ0) is 15.3. The van der Waals surface area contributed by atoms with Gasteiger partial charge in [0.15, 0.2) is 5.75 Å². The highest BCUT2D eigenvalue weighted by Gasteiger charge is 2.51. The number of hydrogen-bond donors (Lipinski definition) is 0. The van der Waals surface area contributed by atoms with Crippen molar-refractivity contribution < 1.29 is 9.53 Å². The van der Waals surface area contributed by atoms with Crippen molar-refractivity contribution in [1.82, 2.24) is 4.98 Å². The zero-order valence-corrected chi connectivity index (χ0v) is 13.5. The Bertz CT molecular complexity index is 567. The number of ether oxygens (including phenoxy) is 1. The van der Waals surface area contributed by atoms with Crippen molar-refractivity contribution in [2.45, 2.75) is 52.4 Å². The first kappa shape index (κ1) is 14.2. The molecule has 4 aliphatic carbocycles. The molecule has 3 heteroatoms. The van der Waals surface area contributed by atoms with E-state index in [4.69, 9.17) is 4.74 Å². The van der Waals surface area contributed by atoms with Gasteiger partial charge in [0.25, 0.3) is 0 Å². The molecule has 0 aromatic carbocycles. The first-order valence-corrected chi connectivity index (χ1v) is 8.82. The van der Waals surface area contributed by atoms with Gasteiger partial charge in [0.1, 0.15) is 0 Å². The first-order chi connectivity index (χ1) is 10.6. The van der Waals surface area contributed by atoms with Gasteiger partial charge in [-0.15, -0.1) is 0 Å². The minimum atomic E-state index is 0.00848. The monoisotopic (exact) mass is 299 g/mol. The molecule has 118 valence electrons. The first-order valence-electron chi connectivity index (χ1n) is 8.82. The molecule has 0 saturated heterocycles. The molecule has 0 atom stereocenters. The van der Waals surface area contributed by atoms with Crippen LogP contribution in [0.2, 0.25) is 0 Å². The standard InChI is InChI=1S/C19H25NO2/c1-3-16-17(5-4-11(2)20-16)22-19(21)18-14-7-12-6-13(9-14)10-15(18)8-12/h4-5,12-15,18H,3,6-10H2,1-2H3. The second kappa shape index (κ2) is 5.36. The topological polar surface area (TPSA) is 39.2 Å². The molecule has 3 nitrogen and oxygen atoms in total. The van der Waals surface area contributed by atoms with Crippen LogP contribution >= 0.6 is 0 Å². The number of aromatic nitrogens is 1. The Morgan fingerprint density at radius 2 is 1.77 bits per heavy atom. The number of carbonyl (C=O) groups excluding carboxylic acids is 1. The van der Waals surface area contributed by atoms with Crippen molar-refractivity contribution >= 4 is 5.97 Å². The lowest BCUT2D eigenvalue weighted by atomic mass is 9.52. The van der Waals surface area contributed by atoms with E-state index in [2.05, 4.69) is 11.9 Å². The van der Waals surface area contributed by atoms with Gasteiger partial charge in [-0.25, -0.2) is 0 Å². The third kappa shape index (κ3) is 2.35. The summed E-state index contributed by atoms with van der Waals surface area (Å²) < 4.78 is 5.82. The lowest BCUT2D eigenvalue weighted by Crippen LogP contribution is -2.49. The van der Waals surface area contributed by atoms with Gasteiger partial charge in [-0.1, -0.05) is 6.92 Å². The molecular weight excluding hydrogens is 274 g/mol. The summed E-state index contributed by atoms with van der Waals surface area (Å²) in [7, 11) is 0. The highest BCUT2D eigenvalue weighted by Crippen LogP contribution is 2.56. The second-order valence-electron chi connectivity index (χ2n) is 7.63. The summed E-state index contributed by atoms with van der Waals surface area (Å²) in [5.74, 6) is 3.75. The molecule has 0 N–H and O–H groups in total. The SMILES string of the molecule is CCc1nc(C)ccc1OC(=O)C1C2CC3CC(C2)CC1C3. The summed E-state index contributed by atoms with van der Waals surface area (Å²) >= 11 is 0. The van der Waals surface area contributed by atoms with Crippen LogP contribution in [0.15, 0.2) is 12.1 Å². The van der Waals surface area contributed by atoms with Crippen LogP contribution in [0.4, 0.5) is 0 Å². The number of hydrogen-bond acceptors (Lipinski definition) is 3. The Morgan fingerprint density at radius 3 is 2.36 bits per heavy atom. The molecule has 0 aliphatic heterocycles. The summed E-state index contributed by atoms with van der Waals surface area (Å²) in [6, 6.07) is 3.84. The summed E-state index contributed by atoms with van der Waals surface area (Å²) in [5.41, 5.74) is 1.88. The predicted molar refractivity (Wildman–Crippen MR) is 84.5 cm³/mol. The molecule has 0 radical (unpaired) electrons. The summed E-state index contributed by atoms with van der Waals surface area (Å²) in [5, 5.41) is 0. The van der Waals surface area contributed by atoms with Crippen LogP contribution < -0.4 is 4.74 Å². The Hall–Kier alpha value is -1.38. The largest absolute Gasteiger partial charge is 0.424 e. The van der Waals surface area contributed by atoms with Crippen LogP contribution in [0.5, 0.6) is 5.75 Å². The smallest absolute Gasteiger partial charge is 0.314 e. The van der Waals surface area contributed by atoms with Crippen molar-refractivity contribution in [1.29, 1.82) is 0 Å². The number of esters is 1. The van der Waals surface area contributed by atoms with Gasteiger partial charge in [0.2, 0.25) is 0 Å². The number of nitrogens with zero attached hydrogens (tertiary/aromatic N) is 1. The molecule has 1 aromatic heterocycles. The number of carbonyl (C=O) groups is 1. The second-order valence-corrected chi connectivity index (χ2v) is 7.63. The van der Waals surface area contributed by atoms with Crippen LogP contribution in [0.3, 0.4) is 0 Å². The van der Waals surface area contributed by atoms with E-state index < -0.39 is 0 Å². The molecule has 4 aliphatic rings. The van der Waals surface area contributed by atoms with Gasteiger partial charge in [0.05, 0.1) is 11.6 Å². The van der Waals surface area contributed by atoms with Crippen LogP contribution in [0, 0.1) is 36.5 Å². The Morgan fingerprint density at radius 1 is 1.14 bits per heavy atom. The third-order valence-electron chi connectivity index (χ3n) is 6.12. The molecular formula is C19H25NO2. The van der Waals surface area contributed by atoms with Gasteiger partial charge in [-0.3, -0.25) is 9.78 Å². The summed E-state index contributed by atoms with van der Waals surface area (Å²) in [6.07, 6.45) is 7.21. The fourth-order valence-corrected chi connectivity index (χ4v) is 5.43. The van der Waals surface area contributed by atoms with Gasteiger partial charge in [-0.2, -0.15) is 0 Å². The minimum Gasteiger partial charge on any atom is -0.424 e. The maximum Gasteiger partial charge on any atom is 0.314 e. The Balaban J connectivity index is 1.53. The highest BCUT2D eigenvalue weighted by atomic mass is 16.5. The van der Waals surface area contributed by atoms with E-state index in [9.17, 15) is 4.79 Å². The molecule has 0 unspecified atom stereocenters. The summed E-state index contributed by atoms with van der Waals surface area (Å²) in [4.78, 5) is 17.3. The van der Waals surface area contributed by atoms with E-state index in [0.29, 0.717) is 17.6 Å². The van der Waals surface area contributed by atoms with Gasteiger partial charge >= 0.3 is 5.97 Å². The van der Waals surface area contributed by atoms with E-state index in [0.717, 1.165) is 29.6 Å². The zero-order valence-electron chi connectivity index (χ0n) is 13.5. The molecule has 5 rings (SSSR count). The van der Waals surface area contributed by atoms with Gasteiger partial charge in [0, 0.05) is 5.69 Å². The average Bonchev–Trinajstić information content (AvgIpc) is 2.48. The molecule has 1 heterocycles. The fraction of sp³-hybridized carbons (Fsp3) is 0.684.